The molecule has 29 heavy (non-hydrogen) atoms. The Kier molecular flexibility index (Phi) is 5.02. The SMILES string of the molecule is CC(=O)Nc1ccc(S(=O)(=O)n2cc(C3=CCNC(C)C3)c3ccccc32)cc1. The molecule has 2 aromatic carbocycles. The number of carbonyl (C=O) groups excluding carboxylic acids is 1. The molecule has 1 amide bonds. The van der Waals surface area contributed by atoms with Crippen molar-refractivity contribution < 1.29 is 13.2 Å². The van der Waals surface area contributed by atoms with Gasteiger partial charge in [-0.2, -0.15) is 0 Å². The maximum absolute atomic E-state index is 13.4. The van der Waals surface area contributed by atoms with E-state index < -0.39 is 10.0 Å². The van der Waals surface area contributed by atoms with Crippen molar-refractivity contribution in [3.63, 3.8) is 0 Å². The lowest BCUT2D eigenvalue weighted by Crippen LogP contribution is -2.29. The van der Waals surface area contributed by atoms with E-state index in [-0.39, 0.29) is 10.8 Å². The third-order valence-electron chi connectivity index (χ3n) is 5.10. The van der Waals surface area contributed by atoms with E-state index >= 15 is 0 Å². The van der Waals surface area contributed by atoms with E-state index in [4.69, 9.17) is 0 Å². The number of amides is 1. The Morgan fingerprint density at radius 3 is 2.55 bits per heavy atom. The highest BCUT2D eigenvalue weighted by molar-refractivity contribution is 7.90. The van der Waals surface area contributed by atoms with Crippen molar-refractivity contribution in [3.05, 3.63) is 66.4 Å². The first-order valence-electron chi connectivity index (χ1n) is 9.52. The molecule has 0 fully saturated rings. The number of nitrogens with one attached hydrogen (secondary N) is 2. The standard InChI is InChI=1S/C22H23N3O3S/c1-15-13-17(11-12-23-15)21-14-25(22-6-4-3-5-20(21)22)29(27,28)19-9-7-18(8-10-19)24-16(2)26/h3-11,14-15,23H,12-13H2,1-2H3,(H,24,26). The van der Waals surface area contributed by atoms with Gasteiger partial charge in [0.25, 0.3) is 10.0 Å². The Bertz CT molecular complexity index is 1210. The Hall–Kier alpha value is -2.90. The predicted molar refractivity (Wildman–Crippen MR) is 115 cm³/mol. The first-order chi connectivity index (χ1) is 13.9. The number of nitrogens with zero attached hydrogens (tertiary/aromatic N) is 1. The number of aromatic nitrogens is 1. The molecule has 1 aliphatic rings. The molecule has 1 unspecified atom stereocenters. The van der Waals surface area contributed by atoms with Crippen molar-refractivity contribution in [2.24, 2.45) is 0 Å². The highest BCUT2D eigenvalue weighted by Crippen LogP contribution is 2.33. The largest absolute Gasteiger partial charge is 0.326 e. The number of anilines is 1. The molecule has 0 bridgehead atoms. The Balaban J connectivity index is 1.81. The van der Waals surface area contributed by atoms with E-state index in [2.05, 4.69) is 23.6 Å². The summed E-state index contributed by atoms with van der Waals surface area (Å²) in [5, 5.41) is 6.95. The van der Waals surface area contributed by atoms with Crippen LogP contribution in [-0.4, -0.2) is 30.9 Å². The van der Waals surface area contributed by atoms with Crippen molar-refractivity contribution in [1.29, 1.82) is 0 Å². The number of hydrogen-bond acceptors (Lipinski definition) is 4. The number of rotatable bonds is 4. The van der Waals surface area contributed by atoms with E-state index in [0.29, 0.717) is 17.2 Å². The highest BCUT2D eigenvalue weighted by Gasteiger charge is 2.23. The lowest BCUT2D eigenvalue weighted by atomic mass is 9.96. The van der Waals surface area contributed by atoms with Crippen molar-refractivity contribution in [2.75, 3.05) is 11.9 Å². The van der Waals surface area contributed by atoms with Gasteiger partial charge in [-0.1, -0.05) is 24.3 Å². The van der Waals surface area contributed by atoms with Crippen LogP contribution in [0.4, 0.5) is 5.69 Å². The molecule has 0 aliphatic carbocycles. The number of carbonyl (C=O) groups is 1. The van der Waals surface area contributed by atoms with Gasteiger partial charge in [0.15, 0.2) is 0 Å². The summed E-state index contributed by atoms with van der Waals surface area (Å²) >= 11 is 0. The zero-order valence-electron chi connectivity index (χ0n) is 16.3. The van der Waals surface area contributed by atoms with Crippen molar-refractivity contribution in [1.82, 2.24) is 9.29 Å². The number of fused-ring (bicyclic) bond motifs is 1. The molecule has 3 aromatic rings. The van der Waals surface area contributed by atoms with Crippen molar-refractivity contribution in [2.45, 2.75) is 31.2 Å². The van der Waals surface area contributed by atoms with Crippen LogP contribution in [-0.2, 0) is 14.8 Å². The fraction of sp³-hybridized carbons (Fsp3) is 0.227. The number of hydrogen-bond donors (Lipinski definition) is 2. The molecule has 0 saturated carbocycles. The summed E-state index contributed by atoms with van der Waals surface area (Å²) in [4.78, 5) is 11.4. The maximum atomic E-state index is 13.4. The van der Waals surface area contributed by atoms with Gasteiger partial charge >= 0.3 is 0 Å². The van der Waals surface area contributed by atoms with Crippen LogP contribution in [0.5, 0.6) is 0 Å². The molecule has 0 radical (unpaired) electrons. The first-order valence-corrected chi connectivity index (χ1v) is 11.0. The Morgan fingerprint density at radius 2 is 1.86 bits per heavy atom. The van der Waals surface area contributed by atoms with Gasteiger partial charge in [-0.15, -0.1) is 0 Å². The zero-order valence-corrected chi connectivity index (χ0v) is 17.2. The van der Waals surface area contributed by atoms with Gasteiger partial charge in [-0.25, -0.2) is 12.4 Å². The van der Waals surface area contributed by atoms with E-state index in [1.807, 2.05) is 24.3 Å². The average molecular weight is 410 g/mol. The van der Waals surface area contributed by atoms with Gasteiger partial charge < -0.3 is 10.6 Å². The minimum absolute atomic E-state index is 0.173. The van der Waals surface area contributed by atoms with Crippen molar-refractivity contribution in [3.8, 4) is 0 Å². The molecular formula is C22H23N3O3S. The quantitative estimate of drug-likeness (QED) is 0.690. The van der Waals surface area contributed by atoms with Gasteiger partial charge in [0.2, 0.25) is 5.91 Å². The van der Waals surface area contributed by atoms with E-state index in [1.165, 1.54) is 23.0 Å². The lowest BCUT2D eigenvalue weighted by Gasteiger charge is -2.20. The predicted octanol–water partition coefficient (Wildman–Crippen LogP) is 3.60. The van der Waals surface area contributed by atoms with Gasteiger partial charge in [-0.3, -0.25) is 4.79 Å². The minimum Gasteiger partial charge on any atom is -0.326 e. The topological polar surface area (TPSA) is 80.2 Å². The van der Waals surface area contributed by atoms with E-state index in [9.17, 15) is 13.2 Å². The molecule has 1 atom stereocenters. The molecule has 4 rings (SSSR count). The fourth-order valence-electron chi connectivity index (χ4n) is 3.72. The van der Waals surface area contributed by atoms with Gasteiger partial charge in [0, 0.05) is 42.3 Å². The second-order valence-electron chi connectivity index (χ2n) is 7.31. The lowest BCUT2D eigenvalue weighted by molar-refractivity contribution is -0.114. The molecule has 0 saturated heterocycles. The van der Waals surface area contributed by atoms with Crippen LogP contribution in [0, 0.1) is 0 Å². The van der Waals surface area contributed by atoms with Crippen LogP contribution in [0.2, 0.25) is 0 Å². The fourth-order valence-corrected chi connectivity index (χ4v) is 5.09. The third-order valence-corrected chi connectivity index (χ3v) is 6.78. The van der Waals surface area contributed by atoms with Crippen LogP contribution in [0.1, 0.15) is 25.8 Å². The van der Waals surface area contributed by atoms with Crippen molar-refractivity contribution >= 4 is 38.1 Å². The summed E-state index contributed by atoms with van der Waals surface area (Å²) in [5.41, 5.74) is 3.32. The third kappa shape index (κ3) is 3.71. The summed E-state index contributed by atoms with van der Waals surface area (Å²) in [6, 6.07) is 14.1. The smallest absolute Gasteiger partial charge is 0.268 e. The number of benzene rings is 2. The maximum Gasteiger partial charge on any atom is 0.268 e. The molecule has 2 N–H and O–H groups in total. The van der Waals surface area contributed by atoms with Gasteiger partial charge in [0.05, 0.1) is 10.4 Å². The summed E-state index contributed by atoms with van der Waals surface area (Å²) in [7, 11) is -3.78. The first kappa shape index (κ1) is 19.4. The molecule has 1 aromatic heterocycles. The van der Waals surface area contributed by atoms with E-state index in [0.717, 1.165) is 29.5 Å². The average Bonchev–Trinajstić information content (AvgIpc) is 3.08. The molecule has 6 nitrogen and oxygen atoms in total. The molecule has 2 heterocycles. The zero-order chi connectivity index (χ0) is 20.6. The van der Waals surface area contributed by atoms with Crippen LogP contribution in [0.25, 0.3) is 16.5 Å². The summed E-state index contributed by atoms with van der Waals surface area (Å²) in [6.45, 7) is 4.31. The monoisotopic (exact) mass is 409 g/mol. The van der Waals surface area contributed by atoms with Crippen LogP contribution in [0.3, 0.4) is 0 Å². The minimum atomic E-state index is -3.78. The van der Waals surface area contributed by atoms with Gasteiger partial charge in [0.1, 0.15) is 0 Å². The molecular weight excluding hydrogens is 386 g/mol. The summed E-state index contributed by atoms with van der Waals surface area (Å²) < 4.78 is 28.1. The van der Waals surface area contributed by atoms with E-state index in [1.54, 1.807) is 18.3 Å². The molecule has 0 spiro atoms. The normalized spacial score (nSPS) is 17.2. The summed E-state index contributed by atoms with van der Waals surface area (Å²) in [6.07, 6.45) is 4.70. The summed E-state index contributed by atoms with van der Waals surface area (Å²) in [5.74, 6) is -0.203. The van der Waals surface area contributed by atoms with Crippen LogP contribution < -0.4 is 10.6 Å². The highest BCUT2D eigenvalue weighted by atomic mass is 32.2. The second-order valence-corrected chi connectivity index (χ2v) is 9.12. The molecule has 150 valence electrons. The van der Waals surface area contributed by atoms with Gasteiger partial charge in [-0.05, 0) is 49.2 Å². The Morgan fingerprint density at radius 1 is 1.14 bits per heavy atom. The second kappa shape index (κ2) is 7.50. The van der Waals surface area contributed by atoms with Crippen LogP contribution in [0.15, 0.2) is 65.7 Å². The Labute approximate surface area is 170 Å². The molecule has 7 heteroatoms. The van der Waals surface area contributed by atoms with Crippen LogP contribution >= 0.6 is 0 Å². The number of para-hydroxylation sites is 1. The molecule has 1 aliphatic heterocycles.